The molecule has 1 aromatic rings. The van der Waals surface area contributed by atoms with Crippen molar-refractivity contribution in [2.24, 2.45) is 5.92 Å². The molecule has 0 aliphatic heterocycles. The number of aryl methyl sites for hydroxylation is 1. The van der Waals surface area contributed by atoms with E-state index in [0.717, 1.165) is 12.8 Å². The highest BCUT2D eigenvalue weighted by Gasteiger charge is 2.30. The highest BCUT2D eigenvalue weighted by atomic mass is 16.6. The number of likely N-dealkylation sites (N-methyl/N-ethyl adjacent to an activating group) is 1. The van der Waals surface area contributed by atoms with Crippen LogP contribution in [0.5, 0.6) is 0 Å². The Morgan fingerprint density at radius 3 is 2.78 bits per heavy atom. The average molecular weight is 321 g/mol. The minimum absolute atomic E-state index is 0.00861. The Bertz CT molecular complexity index is 587. The fourth-order valence-corrected chi connectivity index (χ4v) is 2.45. The summed E-state index contributed by atoms with van der Waals surface area (Å²) in [5.41, 5.74) is 1.25. The third-order valence-electron chi connectivity index (χ3n) is 4.08. The summed E-state index contributed by atoms with van der Waals surface area (Å²) in [7, 11) is 1.88. The molecule has 0 heterocycles. The highest BCUT2D eigenvalue weighted by Crippen LogP contribution is 2.32. The molecule has 1 saturated carbocycles. The lowest BCUT2D eigenvalue weighted by molar-refractivity contribution is -0.384. The number of hydrogen-bond acceptors (Lipinski definition) is 5. The molecule has 1 aliphatic rings. The van der Waals surface area contributed by atoms with E-state index < -0.39 is 4.92 Å². The number of aliphatic hydroxyl groups excluding tert-OH is 1. The van der Waals surface area contributed by atoms with Gasteiger partial charge in [-0.15, -0.1) is 0 Å². The fraction of sp³-hybridized carbons (Fsp3) is 0.562. The summed E-state index contributed by atoms with van der Waals surface area (Å²) in [6.07, 6.45) is 2.19. The highest BCUT2D eigenvalue weighted by molar-refractivity contribution is 5.91. The third-order valence-corrected chi connectivity index (χ3v) is 4.08. The number of anilines is 1. The Balaban J connectivity index is 1.78. The summed E-state index contributed by atoms with van der Waals surface area (Å²) in [5, 5.41) is 23.3. The second kappa shape index (κ2) is 7.52. The standard InChI is InChI=1S/C16H23N3O4/c1-11-9-13(19(22)23)5-6-14(11)17-16(21)7-8-18(2)10-15(20)12-3-4-12/h5-6,9,12,15,20H,3-4,7-8,10H2,1-2H3,(H,17,21). The van der Waals surface area contributed by atoms with Crippen molar-refractivity contribution in [1.29, 1.82) is 0 Å². The Labute approximate surface area is 135 Å². The normalized spacial score (nSPS) is 15.5. The van der Waals surface area contributed by atoms with Crippen LogP contribution < -0.4 is 5.32 Å². The van der Waals surface area contributed by atoms with Gasteiger partial charge in [0, 0.05) is 37.3 Å². The van der Waals surface area contributed by atoms with Gasteiger partial charge in [-0.2, -0.15) is 0 Å². The number of carbonyl (C=O) groups excluding carboxylic acids is 1. The fourth-order valence-electron chi connectivity index (χ4n) is 2.45. The molecule has 0 saturated heterocycles. The van der Waals surface area contributed by atoms with Crippen LogP contribution in [0.15, 0.2) is 18.2 Å². The van der Waals surface area contributed by atoms with Gasteiger partial charge >= 0.3 is 0 Å². The van der Waals surface area contributed by atoms with Crippen molar-refractivity contribution in [3.05, 3.63) is 33.9 Å². The van der Waals surface area contributed by atoms with Crippen molar-refractivity contribution in [2.75, 3.05) is 25.5 Å². The van der Waals surface area contributed by atoms with Crippen LogP contribution in [0.2, 0.25) is 0 Å². The number of nitrogens with zero attached hydrogens (tertiary/aromatic N) is 2. The minimum Gasteiger partial charge on any atom is -0.392 e. The SMILES string of the molecule is Cc1cc([N+](=O)[O-])ccc1NC(=O)CCN(C)CC(O)C1CC1. The first-order chi connectivity index (χ1) is 10.9. The van der Waals surface area contributed by atoms with Crippen molar-refractivity contribution in [2.45, 2.75) is 32.3 Å². The number of benzene rings is 1. The molecule has 1 atom stereocenters. The average Bonchev–Trinajstić information content (AvgIpc) is 3.31. The Hall–Kier alpha value is -1.99. The molecule has 0 spiro atoms. The first-order valence-electron chi connectivity index (χ1n) is 7.78. The molecule has 0 bridgehead atoms. The molecule has 0 aromatic heterocycles. The van der Waals surface area contributed by atoms with E-state index in [1.807, 2.05) is 11.9 Å². The molecule has 23 heavy (non-hydrogen) atoms. The van der Waals surface area contributed by atoms with Crippen LogP contribution in [0, 0.1) is 23.0 Å². The lowest BCUT2D eigenvalue weighted by atomic mass is 10.1. The molecule has 1 aliphatic carbocycles. The summed E-state index contributed by atoms with van der Waals surface area (Å²) in [6.45, 7) is 2.86. The Morgan fingerprint density at radius 2 is 2.22 bits per heavy atom. The lowest BCUT2D eigenvalue weighted by Crippen LogP contribution is -2.32. The number of nitrogens with one attached hydrogen (secondary N) is 1. The number of amides is 1. The Morgan fingerprint density at radius 1 is 1.52 bits per heavy atom. The number of rotatable bonds is 8. The first kappa shape index (κ1) is 17.4. The molecular weight excluding hydrogens is 298 g/mol. The van der Waals surface area contributed by atoms with Gasteiger partial charge in [0.2, 0.25) is 5.91 Å². The van der Waals surface area contributed by atoms with Crippen molar-refractivity contribution in [1.82, 2.24) is 4.90 Å². The number of non-ortho nitro benzene ring substituents is 1. The van der Waals surface area contributed by atoms with E-state index in [0.29, 0.717) is 36.7 Å². The predicted molar refractivity (Wildman–Crippen MR) is 87.3 cm³/mol. The molecule has 0 radical (unpaired) electrons. The summed E-state index contributed by atoms with van der Waals surface area (Å²) >= 11 is 0. The van der Waals surface area contributed by atoms with E-state index in [9.17, 15) is 20.0 Å². The van der Waals surface area contributed by atoms with Crippen LogP contribution in [0.3, 0.4) is 0 Å². The maximum Gasteiger partial charge on any atom is 0.269 e. The number of nitro groups is 1. The Kier molecular flexibility index (Phi) is 5.68. The van der Waals surface area contributed by atoms with Crippen molar-refractivity contribution >= 4 is 17.3 Å². The second-order valence-corrected chi connectivity index (χ2v) is 6.22. The van der Waals surface area contributed by atoms with Gasteiger partial charge in [-0.25, -0.2) is 0 Å². The molecule has 1 amide bonds. The lowest BCUT2D eigenvalue weighted by Gasteiger charge is -2.20. The maximum atomic E-state index is 12.0. The van der Waals surface area contributed by atoms with Gasteiger partial charge in [-0.3, -0.25) is 14.9 Å². The molecule has 1 aromatic carbocycles. The maximum absolute atomic E-state index is 12.0. The quantitative estimate of drug-likeness (QED) is 0.563. The number of aliphatic hydroxyl groups is 1. The summed E-state index contributed by atoms with van der Waals surface area (Å²) in [5.74, 6) is 0.281. The van der Waals surface area contributed by atoms with Crippen LogP contribution >= 0.6 is 0 Å². The van der Waals surface area contributed by atoms with Gasteiger partial charge in [0.05, 0.1) is 11.0 Å². The van der Waals surface area contributed by atoms with Crippen molar-refractivity contribution in [3.63, 3.8) is 0 Å². The number of nitro benzene ring substituents is 1. The van der Waals surface area contributed by atoms with Gasteiger partial charge < -0.3 is 15.3 Å². The summed E-state index contributed by atoms with van der Waals surface area (Å²) in [6, 6.07) is 4.36. The van der Waals surface area contributed by atoms with E-state index in [1.54, 1.807) is 13.0 Å². The number of carbonyl (C=O) groups is 1. The largest absolute Gasteiger partial charge is 0.392 e. The smallest absolute Gasteiger partial charge is 0.269 e. The van der Waals surface area contributed by atoms with Gasteiger partial charge in [0.1, 0.15) is 0 Å². The van der Waals surface area contributed by atoms with Crippen LogP contribution in [0.1, 0.15) is 24.8 Å². The molecule has 1 unspecified atom stereocenters. The van der Waals surface area contributed by atoms with Crippen LogP contribution in [0.25, 0.3) is 0 Å². The molecule has 2 rings (SSSR count). The van der Waals surface area contributed by atoms with Crippen molar-refractivity contribution < 1.29 is 14.8 Å². The zero-order valence-electron chi connectivity index (χ0n) is 13.5. The third kappa shape index (κ3) is 5.30. The topological polar surface area (TPSA) is 95.7 Å². The van der Waals surface area contributed by atoms with E-state index in [2.05, 4.69) is 5.32 Å². The first-order valence-corrected chi connectivity index (χ1v) is 7.78. The molecule has 2 N–H and O–H groups in total. The molecule has 1 fully saturated rings. The van der Waals surface area contributed by atoms with E-state index >= 15 is 0 Å². The van der Waals surface area contributed by atoms with Gasteiger partial charge in [0.15, 0.2) is 0 Å². The van der Waals surface area contributed by atoms with Gasteiger partial charge in [0.25, 0.3) is 5.69 Å². The minimum atomic E-state index is -0.460. The van der Waals surface area contributed by atoms with Gasteiger partial charge in [-0.1, -0.05) is 0 Å². The van der Waals surface area contributed by atoms with E-state index in [4.69, 9.17) is 0 Å². The molecular formula is C16H23N3O4. The van der Waals surface area contributed by atoms with Crippen LogP contribution in [-0.4, -0.2) is 47.1 Å². The van der Waals surface area contributed by atoms with Crippen LogP contribution in [0.4, 0.5) is 11.4 Å². The zero-order valence-corrected chi connectivity index (χ0v) is 13.5. The summed E-state index contributed by atoms with van der Waals surface area (Å²) < 4.78 is 0. The monoisotopic (exact) mass is 321 g/mol. The zero-order chi connectivity index (χ0) is 17.0. The second-order valence-electron chi connectivity index (χ2n) is 6.22. The molecule has 7 nitrogen and oxygen atoms in total. The van der Waals surface area contributed by atoms with Crippen molar-refractivity contribution in [3.8, 4) is 0 Å². The molecule has 126 valence electrons. The molecule has 7 heteroatoms. The summed E-state index contributed by atoms with van der Waals surface area (Å²) in [4.78, 5) is 24.2. The van der Waals surface area contributed by atoms with E-state index in [1.165, 1.54) is 12.1 Å². The predicted octanol–water partition coefficient (Wildman–Crippen LogP) is 1.93. The van der Waals surface area contributed by atoms with Gasteiger partial charge in [-0.05, 0) is 44.4 Å². The van der Waals surface area contributed by atoms with Crippen LogP contribution in [-0.2, 0) is 4.79 Å². The number of hydrogen-bond donors (Lipinski definition) is 2. The van der Waals surface area contributed by atoms with E-state index in [-0.39, 0.29) is 17.7 Å².